The van der Waals surface area contributed by atoms with Crippen LogP contribution in [0.1, 0.15) is 91.9 Å². The van der Waals surface area contributed by atoms with Crippen LogP contribution in [0.5, 0.6) is 0 Å². The van der Waals surface area contributed by atoms with Gasteiger partial charge in [-0.15, -0.1) is 0 Å². The molecule has 6 heteroatoms. The monoisotopic (exact) mass is 450 g/mol. The second kappa shape index (κ2) is 11.0. The molecule has 6 atom stereocenters. The fourth-order valence-electron chi connectivity index (χ4n) is 7.12. The van der Waals surface area contributed by atoms with Crippen LogP contribution in [0.15, 0.2) is 11.6 Å². The van der Waals surface area contributed by atoms with Crippen molar-refractivity contribution in [1.82, 2.24) is 0 Å². The Morgan fingerprint density at radius 1 is 1.03 bits per heavy atom. The van der Waals surface area contributed by atoms with Crippen molar-refractivity contribution in [1.29, 1.82) is 0 Å². The Morgan fingerprint density at radius 2 is 1.62 bits per heavy atom. The van der Waals surface area contributed by atoms with Crippen LogP contribution in [0.2, 0.25) is 0 Å². The fraction of sp³-hybridized carbons (Fsp3) is 0.808. The molecule has 0 saturated heterocycles. The van der Waals surface area contributed by atoms with Gasteiger partial charge in [-0.25, -0.2) is 0 Å². The van der Waals surface area contributed by atoms with Gasteiger partial charge in [0.15, 0.2) is 5.78 Å². The van der Waals surface area contributed by atoms with Gasteiger partial charge in [-0.1, -0.05) is 39.7 Å². The van der Waals surface area contributed by atoms with E-state index in [0.717, 1.165) is 18.3 Å². The maximum absolute atomic E-state index is 12.0. The van der Waals surface area contributed by atoms with E-state index in [1.54, 1.807) is 13.8 Å². The molecule has 0 bridgehead atoms. The lowest BCUT2D eigenvalue weighted by atomic mass is 9.45. The number of aliphatic hydroxyl groups is 1. The van der Waals surface area contributed by atoms with Crippen LogP contribution in [0.25, 0.3) is 0 Å². The molecule has 0 aromatic carbocycles. The fourth-order valence-corrected chi connectivity index (χ4v) is 7.12. The molecule has 182 valence electrons. The first kappa shape index (κ1) is 26.6. The summed E-state index contributed by atoms with van der Waals surface area (Å²) in [4.78, 5) is 30.8. The summed E-state index contributed by atoms with van der Waals surface area (Å²) in [5.74, 6) is 1.35. The van der Waals surface area contributed by atoms with Crippen LogP contribution in [0.4, 0.5) is 0 Å². The minimum absolute atomic E-state index is 0.0826. The minimum Gasteiger partial charge on any atom is -0.481 e. The molecule has 6 nitrogen and oxygen atoms in total. The smallest absolute Gasteiger partial charge is 0.303 e. The van der Waals surface area contributed by atoms with Crippen LogP contribution < -0.4 is 0 Å². The third-order valence-corrected chi connectivity index (χ3v) is 8.81. The summed E-state index contributed by atoms with van der Waals surface area (Å²) in [5.41, 5.74) is 1.77. The van der Waals surface area contributed by atoms with Crippen molar-refractivity contribution < 1.29 is 29.7 Å². The van der Waals surface area contributed by atoms with E-state index < -0.39 is 11.9 Å². The van der Waals surface area contributed by atoms with Gasteiger partial charge in [0, 0.05) is 24.7 Å². The number of carboxylic acids is 2. The van der Waals surface area contributed by atoms with Gasteiger partial charge in [0.05, 0.1) is 6.61 Å². The maximum Gasteiger partial charge on any atom is 0.303 e. The van der Waals surface area contributed by atoms with E-state index in [2.05, 4.69) is 13.8 Å². The van der Waals surface area contributed by atoms with Gasteiger partial charge in [-0.05, 0) is 73.7 Å². The van der Waals surface area contributed by atoms with Crippen molar-refractivity contribution in [2.24, 2.45) is 34.5 Å². The molecule has 4 rings (SSSR count). The molecule has 0 aromatic heterocycles. The van der Waals surface area contributed by atoms with Crippen LogP contribution >= 0.6 is 0 Å². The van der Waals surface area contributed by atoms with E-state index >= 15 is 0 Å². The highest BCUT2D eigenvalue weighted by molar-refractivity contribution is 5.92. The molecule has 0 amide bonds. The number of carboxylic acid groups (broad SMARTS) is 2. The van der Waals surface area contributed by atoms with Gasteiger partial charge >= 0.3 is 11.9 Å². The highest BCUT2D eigenvalue weighted by Crippen LogP contribution is 2.66. The first-order chi connectivity index (χ1) is 15.0. The molecule has 0 unspecified atom stereocenters. The van der Waals surface area contributed by atoms with Gasteiger partial charge in [0.25, 0.3) is 0 Å². The van der Waals surface area contributed by atoms with Crippen molar-refractivity contribution in [3.63, 3.8) is 0 Å². The lowest BCUT2D eigenvalue weighted by molar-refractivity contribution is -0.137. The van der Waals surface area contributed by atoms with Crippen molar-refractivity contribution in [3.05, 3.63) is 11.6 Å². The molecule has 32 heavy (non-hydrogen) atoms. The number of aliphatic hydroxyl groups excluding tert-OH is 1. The normalized spacial score (nSPS) is 37.3. The van der Waals surface area contributed by atoms with Crippen molar-refractivity contribution >= 4 is 17.7 Å². The molecule has 0 spiro atoms. The van der Waals surface area contributed by atoms with Crippen LogP contribution in [0.3, 0.4) is 0 Å². The molecule has 3 N–H and O–H groups in total. The molecule has 4 aliphatic rings. The van der Waals surface area contributed by atoms with Crippen LogP contribution in [-0.2, 0) is 14.4 Å². The Bertz CT molecular complexity index is 714. The Labute approximate surface area is 192 Å². The lowest BCUT2D eigenvalue weighted by Crippen LogP contribution is -2.55. The van der Waals surface area contributed by atoms with E-state index in [-0.39, 0.29) is 30.6 Å². The predicted molar refractivity (Wildman–Crippen MR) is 123 cm³/mol. The number of carbonyl (C=O) groups excluding carboxylic acids is 1. The summed E-state index contributed by atoms with van der Waals surface area (Å²) in [6.07, 6.45) is 12.1. The van der Waals surface area contributed by atoms with Crippen LogP contribution in [0, 0.1) is 34.5 Å². The minimum atomic E-state index is -0.745. The quantitative estimate of drug-likeness (QED) is 0.552. The zero-order valence-electron chi connectivity index (χ0n) is 20.2. The largest absolute Gasteiger partial charge is 0.481 e. The molecule has 3 saturated carbocycles. The van der Waals surface area contributed by atoms with E-state index in [1.807, 2.05) is 6.08 Å². The first-order valence-corrected chi connectivity index (χ1v) is 12.3. The maximum atomic E-state index is 12.0. The van der Waals surface area contributed by atoms with Crippen molar-refractivity contribution in [2.75, 3.05) is 6.61 Å². The number of ketones is 1. The van der Waals surface area contributed by atoms with Crippen LogP contribution in [-0.4, -0.2) is 39.6 Å². The van der Waals surface area contributed by atoms with E-state index in [1.165, 1.54) is 44.1 Å². The molecular weight excluding hydrogens is 408 g/mol. The van der Waals surface area contributed by atoms with Gasteiger partial charge < -0.3 is 15.3 Å². The van der Waals surface area contributed by atoms with Crippen molar-refractivity contribution in [2.45, 2.75) is 91.9 Å². The standard InChI is InChI=1S/C20H30O2.2C3H6O2/c1-13-10-15(22)11-14-5-6-16-17-4-3-8-19(17,2)9-7-18(16)20(13,14)12-21;2*1-2-3(4)5/h11,13,16-18,21H,3-10,12H2,1-2H3;2*2H2,1H3,(H,4,5)/t13-,16-,17-,18-,19-,20-;;/m0../s1. The summed E-state index contributed by atoms with van der Waals surface area (Å²) < 4.78 is 0. The average Bonchev–Trinajstić information content (AvgIpc) is 3.16. The lowest BCUT2D eigenvalue weighted by Gasteiger charge is -2.59. The Balaban J connectivity index is 0.000000308. The number of aliphatic carboxylic acids is 2. The molecule has 0 heterocycles. The Morgan fingerprint density at radius 3 is 2.16 bits per heavy atom. The number of hydrogen-bond acceptors (Lipinski definition) is 4. The SMILES string of the molecule is CCC(=O)O.CCC(=O)O.C[C@H]1CC(=O)C=C2CC[C@H]3[C@@H]4CCC[C@@]4(C)CC[C@@H]3[C@]21CO. The number of carbonyl (C=O) groups is 3. The second-order valence-corrected chi connectivity index (χ2v) is 10.4. The summed E-state index contributed by atoms with van der Waals surface area (Å²) >= 11 is 0. The predicted octanol–water partition coefficient (Wildman–Crippen LogP) is 5.09. The van der Waals surface area contributed by atoms with E-state index in [0.29, 0.717) is 23.7 Å². The van der Waals surface area contributed by atoms with Gasteiger partial charge in [-0.2, -0.15) is 0 Å². The average molecular weight is 451 g/mol. The number of hydrogen-bond donors (Lipinski definition) is 3. The summed E-state index contributed by atoms with van der Waals surface area (Å²) in [5, 5.41) is 25.9. The highest BCUT2D eigenvalue weighted by atomic mass is 16.4. The van der Waals surface area contributed by atoms with Gasteiger partial charge in [0.1, 0.15) is 0 Å². The second-order valence-electron chi connectivity index (χ2n) is 10.4. The number of rotatable bonds is 3. The topological polar surface area (TPSA) is 112 Å². The Kier molecular flexibility index (Phi) is 9.09. The zero-order valence-corrected chi connectivity index (χ0v) is 20.2. The highest BCUT2D eigenvalue weighted by Gasteiger charge is 2.59. The molecule has 0 aliphatic heterocycles. The van der Waals surface area contributed by atoms with Crippen molar-refractivity contribution in [3.8, 4) is 0 Å². The first-order valence-electron chi connectivity index (χ1n) is 12.3. The Hall–Kier alpha value is -1.69. The molecule has 3 fully saturated rings. The number of fused-ring (bicyclic) bond motifs is 5. The zero-order chi connectivity index (χ0) is 24.1. The molecule has 0 aromatic rings. The summed E-state index contributed by atoms with van der Waals surface area (Å²) in [6.45, 7) is 8.18. The third kappa shape index (κ3) is 5.27. The van der Waals surface area contributed by atoms with Gasteiger partial charge in [0.2, 0.25) is 0 Å². The van der Waals surface area contributed by atoms with Gasteiger partial charge in [-0.3, -0.25) is 14.4 Å². The van der Waals surface area contributed by atoms with E-state index in [9.17, 15) is 19.5 Å². The summed E-state index contributed by atoms with van der Waals surface area (Å²) in [7, 11) is 0. The molecular formula is C26H42O6. The third-order valence-electron chi connectivity index (χ3n) is 8.81. The molecule has 4 aliphatic carbocycles. The molecule has 0 radical (unpaired) electrons. The summed E-state index contributed by atoms with van der Waals surface area (Å²) in [6, 6.07) is 0. The van der Waals surface area contributed by atoms with E-state index in [4.69, 9.17) is 10.2 Å².